The molecule has 2 bridgehead atoms. The van der Waals surface area contributed by atoms with Gasteiger partial charge in [0.25, 0.3) is 0 Å². The van der Waals surface area contributed by atoms with Gasteiger partial charge in [0.05, 0.1) is 0 Å². The monoisotopic (exact) mass is 172 g/mol. The van der Waals surface area contributed by atoms with E-state index in [0.29, 0.717) is 0 Å². The highest BCUT2D eigenvalue weighted by atomic mass is 14.3. The van der Waals surface area contributed by atoms with E-state index >= 15 is 0 Å². The van der Waals surface area contributed by atoms with Gasteiger partial charge in [-0.3, -0.25) is 0 Å². The Morgan fingerprint density at radius 2 is 1.92 bits per heavy atom. The Labute approximate surface area is 80.0 Å². The molecule has 2 atom stereocenters. The van der Waals surface area contributed by atoms with Crippen LogP contribution in [0.1, 0.15) is 42.7 Å². The van der Waals surface area contributed by atoms with E-state index in [4.69, 9.17) is 0 Å². The molecule has 0 N–H and O–H groups in total. The predicted octanol–water partition coefficient (Wildman–Crippen LogP) is 3.52. The minimum Gasteiger partial charge on any atom is -0.0620 e. The van der Waals surface area contributed by atoms with Crippen LogP contribution >= 0.6 is 0 Å². The van der Waals surface area contributed by atoms with Gasteiger partial charge in [0.1, 0.15) is 0 Å². The topological polar surface area (TPSA) is 0 Å². The van der Waals surface area contributed by atoms with E-state index in [1.54, 1.807) is 11.1 Å². The van der Waals surface area contributed by atoms with Crippen molar-refractivity contribution in [3.05, 3.63) is 35.4 Å². The van der Waals surface area contributed by atoms with Crippen LogP contribution in [-0.4, -0.2) is 0 Å². The lowest BCUT2D eigenvalue weighted by Crippen LogP contribution is -1.97. The Kier molecular flexibility index (Phi) is 1.68. The fraction of sp³-hybridized carbons (Fsp3) is 0.538. The van der Waals surface area contributed by atoms with Gasteiger partial charge in [-0.05, 0) is 55.1 Å². The van der Waals surface area contributed by atoms with Crippen molar-refractivity contribution in [1.29, 1.82) is 0 Å². The lowest BCUT2D eigenvalue weighted by Gasteiger charge is -2.13. The zero-order valence-electron chi connectivity index (χ0n) is 8.00. The zero-order valence-corrected chi connectivity index (χ0v) is 8.00. The van der Waals surface area contributed by atoms with Crippen LogP contribution in [0, 0.1) is 5.92 Å². The van der Waals surface area contributed by atoms with E-state index in [1.807, 2.05) is 0 Å². The van der Waals surface area contributed by atoms with Gasteiger partial charge in [-0.1, -0.05) is 24.3 Å². The lowest BCUT2D eigenvalue weighted by atomic mass is 9.92. The molecule has 1 saturated carbocycles. The lowest BCUT2D eigenvalue weighted by molar-refractivity contribution is 0.507. The number of hydrogen-bond donors (Lipinski definition) is 0. The van der Waals surface area contributed by atoms with Crippen LogP contribution in [0.4, 0.5) is 0 Å². The third-order valence-corrected chi connectivity index (χ3v) is 3.86. The summed E-state index contributed by atoms with van der Waals surface area (Å²) in [5.41, 5.74) is 3.30. The molecule has 1 aromatic carbocycles. The zero-order chi connectivity index (χ0) is 8.67. The summed E-state index contributed by atoms with van der Waals surface area (Å²) in [6.45, 7) is 0. The van der Waals surface area contributed by atoms with Crippen molar-refractivity contribution >= 4 is 0 Å². The molecule has 0 aliphatic heterocycles. The number of fused-ring (bicyclic) bond motifs is 4. The molecule has 1 fully saturated rings. The summed E-state index contributed by atoms with van der Waals surface area (Å²) in [6, 6.07) is 9.08. The summed E-state index contributed by atoms with van der Waals surface area (Å²) in [4.78, 5) is 0. The maximum atomic E-state index is 2.35. The standard InChI is InChI=1S/C13H16/c1-2-4-13-11(3-1)7-5-10-6-8-12(13)9-10/h1-4,10,12H,5-9H2. The SMILES string of the molecule is c1ccc2c(c1)CCC1CCC2C1. The van der Waals surface area contributed by atoms with E-state index in [1.165, 1.54) is 32.1 Å². The van der Waals surface area contributed by atoms with Crippen molar-refractivity contribution in [1.82, 2.24) is 0 Å². The number of hydrogen-bond acceptors (Lipinski definition) is 0. The van der Waals surface area contributed by atoms with Crippen LogP contribution < -0.4 is 0 Å². The molecule has 2 unspecified atom stereocenters. The second-order valence-electron chi connectivity index (χ2n) is 4.61. The first-order valence-electron chi connectivity index (χ1n) is 5.51. The molecule has 1 aromatic rings. The van der Waals surface area contributed by atoms with Crippen LogP contribution in [-0.2, 0) is 6.42 Å². The van der Waals surface area contributed by atoms with Gasteiger partial charge >= 0.3 is 0 Å². The molecule has 0 nitrogen and oxygen atoms in total. The Balaban J connectivity index is 2.07. The number of rotatable bonds is 0. The molecular weight excluding hydrogens is 156 g/mol. The highest BCUT2D eigenvalue weighted by Crippen LogP contribution is 2.44. The molecule has 2 aliphatic rings. The van der Waals surface area contributed by atoms with Crippen LogP contribution in [0.25, 0.3) is 0 Å². The second kappa shape index (κ2) is 2.87. The van der Waals surface area contributed by atoms with Crippen molar-refractivity contribution in [3.8, 4) is 0 Å². The summed E-state index contributed by atoms with van der Waals surface area (Å²) in [5, 5.41) is 0. The average molecular weight is 172 g/mol. The number of benzene rings is 1. The van der Waals surface area contributed by atoms with Gasteiger partial charge in [0, 0.05) is 0 Å². The van der Waals surface area contributed by atoms with Crippen LogP contribution in [0.5, 0.6) is 0 Å². The van der Waals surface area contributed by atoms with Crippen molar-refractivity contribution in [3.63, 3.8) is 0 Å². The highest BCUT2D eigenvalue weighted by molar-refractivity contribution is 5.32. The molecular formula is C13H16. The summed E-state index contributed by atoms with van der Waals surface area (Å²) >= 11 is 0. The predicted molar refractivity (Wildman–Crippen MR) is 54.8 cm³/mol. The molecule has 0 saturated heterocycles. The van der Waals surface area contributed by atoms with E-state index in [-0.39, 0.29) is 0 Å². The van der Waals surface area contributed by atoms with Gasteiger partial charge in [-0.15, -0.1) is 0 Å². The van der Waals surface area contributed by atoms with Crippen LogP contribution in [0.15, 0.2) is 24.3 Å². The van der Waals surface area contributed by atoms with E-state index in [0.717, 1.165) is 11.8 Å². The third-order valence-electron chi connectivity index (χ3n) is 3.86. The molecule has 0 amide bonds. The average Bonchev–Trinajstić information content (AvgIpc) is 2.54. The molecule has 2 aliphatic carbocycles. The smallest absolute Gasteiger partial charge is 0.0156 e. The fourth-order valence-corrected chi connectivity index (χ4v) is 3.14. The molecule has 0 spiro atoms. The minimum atomic E-state index is 0.906. The summed E-state index contributed by atoms with van der Waals surface area (Å²) < 4.78 is 0. The van der Waals surface area contributed by atoms with Crippen molar-refractivity contribution in [2.75, 3.05) is 0 Å². The van der Waals surface area contributed by atoms with E-state index in [9.17, 15) is 0 Å². The summed E-state index contributed by atoms with van der Waals surface area (Å²) in [7, 11) is 0. The van der Waals surface area contributed by atoms with E-state index in [2.05, 4.69) is 24.3 Å². The van der Waals surface area contributed by atoms with Crippen molar-refractivity contribution in [2.24, 2.45) is 5.92 Å². The van der Waals surface area contributed by atoms with Gasteiger partial charge in [-0.25, -0.2) is 0 Å². The highest BCUT2D eigenvalue weighted by Gasteiger charge is 2.29. The summed E-state index contributed by atoms with van der Waals surface area (Å²) in [5.74, 6) is 1.95. The molecule has 68 valence electrons. The first kappa shape index (κ1) is 7.61. The van der Waals surface area contributed by atoms with Crippen molar-refractivity contribution in [2.45, 2.75) is 38.0 Å². The second-order valence-corrected chi connectivity index (χ2v) is 4.61. The summed E-state index contributed by atoms with van der Waals surface area (Å²) in [6.07, 6.45) is 7.17. The fourth-order valence-electron chi connectivity index (χ4n) is 3.14. The maximum Gasteiger partial charge on any atom is -0.0156 e. The van der Waals surface area contributed by atoms with Gasteiger partial charge in [0.2, 0.25) is 0 Å². The maximum absolute atomic E-state index is 2.35. The molecule has 0 heterocycles. The van der Waals surface area contributed by atoms with Gasteiger partial charge in [0.15, 0.2) is 0 Å². The molecule has 3 rings (SSSR count). The van der Waals surface area contributed by atoms with Gasteiger partial charge in [-0.2, -0.15) is 0 Å². The van der Waals surface area contributed by atoms with E-state index < -0.39 is 0 Å². The Morgan fingerprint density at radius 1 is 1.00 bits per heavy atom. The first-order valence-corrected chi connectivity index (χ1v) is 5.51. The van der Waals surface area contributed by atoms with Crippen LogP contribution in [0.2, 0.25) is 0 Å². The third kappa shape index (κ3) is 1.20. The minimum absolute atomic E-state index is 0.906. The largest absolute Gasteiger partial charge is 0.0620 e. The van der Waals surface area contributed by atoms with Crippen LogP contribution in [0.3, 0.4) is 0 Å². The normalized spacial score (nSPS) is 31.1. The number of aryl methyl sites for hydroxylation is 1. The molecule has 0 aromatic heterocycles. The Morgan fingerprint density at radius 3 is 2.92 bits per heavy atom. The Bertz CT molecular complexity index is 314. The molecule has 0 heteroatoms. The Hall–Kier alpha value is -0.780. The molecule has 0 radical (unpaired) electrons. The molecule has 13 heavy (non-hydrogen) atoms. The first-order chi connectivity index (χ1) is 6.43. The quantitative estimate of drug-likeness (QED) is 0.561. The van der Waals surface area contributed by atoms with Gasteiger partial charge < -0.3 is 0 Å². The van der Waals surface area contributed by atoms with Crippen molar-refractivity contribution < 1.29 is 0 Å².